The zero-order valence-corrected chi connectivity index (χ0v) is 15.8. The molecule has 0 bridgehead atoms. The van der Waals surface area contributed by atoms with Crippen LogP contribution >= 0.6 is 0 Å². The molecule has 0 fully saturated rings. The topological polar surface area (TPSA) is 107 Å². The average Bonchev–Trinajstić information content (AvgIpc) is 2.71. The fraction of sp³-hybridized carbons (Fsp3) is 0.143. The summed E-state index contributed by atoms with van der Waals surface area (Å²) in [6.07, 6.45) is 0. The SMILES string of the molecule is COc1cc(NC(=O)c2ccc3cc(C(=N)N)ccc3c2)cc(OC)c1OC. The van der Waals surface area contributed by atoms with Crippen LogP contribution in [0.2, 0.25) is 0 Å². The molecule has 3 aromatic rings. The Bertz CT molecular complexity index is 1040. The lowest BCUT2D eigenvalue weighted by atomic mass is 10.0. The molecule has 0 heterocycles. The summed E-state index contributed by atoms with van der Waals surface area (Å²) in [5.41, 5.74) is 7.18. The van der Waals surface area contributed by atoms with Gasteiger partial charge in [-0.15, -0.1) is 0 Å². The quantitative estimate of drug-likeness (QED) is 0.449. The van der Waals surface area contributed by atoms with Crippen LogP contribution in [0, 0.1) is 5.41 Å². The third-order valence-corrected chi connectivity index (χ3v) is 4.34. The minimum atomic E-state index is -0.271. The van der Waals surface area contributed by atoms with E-state index in [9.17, 15) is 4.79 Å². The van der Waals surface area contributed by atoms with Gasteiger partial charge >= 0.3 is 0 Å². The summed E-state index contributed by atoms with van der Waals surface area (Å²) in [4.78, 5) is 12.7. The molecule has 3 aromatic carbocycles. The summed E-state index contributed by atoms with van der Waals surface area (Å²) < 4.78 is 15.9. The molecule has 0 atom stereocenters. The van der Waals surface area contributed by atoms with Crippen molar-refractivity contribution in [2.75, 3.05) is 26.6 Å². The van der Waals surface area contributed by atoms with Crippen molar-refractivity contribution in [3.05, 3.63) is 59.7 Å². The van der Waals surface area contributed by atoms with Gasteiger partial charge in [-0.05, 0) is 29.0 Å². The number of fused-ring (bicyclic) bond motifs is 1. The molecule has 7 nitrogen and oxygen atoms in total. The molecule has 28 heavy (non-hydrogen) atoms. The van der Waals surface area contributed by atoms with Crippen molar-refractivity contribution in [3.8, 4) is 17.2 Å². The first-order valence-electron chi connectivity index (χ1n) is 8.46. The predicted octanol–water partition coefficient (Wildman–Crippen LogP) is 3.40. The first-order valence-corrected chi connectivity index (χ1v) is 8.46. The van der Waals surface area contributed by atoms with Gasteiger partial charge in [0, 0.05) is 28.9 Å². The fourth-order valence-corrected chi connectivity index (χ4v) is 2.91. The van der Waals surface area contributed by atoms with Crippen molar-refractivity contribution in [1.82, 2.24) is 0 Å². The minimum absolute atomic E-state index is 0.00567. The monoisotopic (exact) mass is 379 g/mol. The Balaban J connectivity index is 1.90. The number of amidine groups is 1. The Morgan fingerprint density at radius 2 is 1.39 bits per heavy atom. The number of amides is 1. The lowest BCUT2D eigenvalue weighted by Gasteiger charge is -2.14. The zero-order chi connectivity index (χ0) is 20.3. The normalized spacial score (nSPS) is 10.4. The van der Waals surface area contributed by atoms with Gasteiger partial charge in [-0.25, -0.2) is 0 Å². The number of carbonyl (C=O) groups excluding carboxylic acids is 1. The number of rotatable bonds is 6. The van der Waals surface area contributed by atoms with E-state index in [1.165, 1.54) is 21.3 Å². The van der Waals surface area contributed by atoms with Crippen LogP contribution in [0.4, 0.5) is 5.69 Å². The highest BCUT2D eigenvalue weighted by atomic mass is 16.5. The Labute approximate surface area is 162 Å². The highest BCUT2D eigenvalue weighted by Crippen LogP contribution is 2.40. The zero-order valence-electron chi connectivity index (χ0n) is 15.8. The number of anilines is 1. The average molecular weight is 379 g/mol. The largest absolute Gasteiger partial charge is 0.493 e. The summed E-state index contributed by atoms with van der Waals surface area (Å²) in [6, 6.07) is 14.1. The molecule has 0 saturated carbocycles. The van der Waals surface area contributed by atoms with E-state index >= 15 is 0 Å². The molecule has 0 spiro atoms. The van der Waals surface area contributed by atoms with Gasteiger partial charge in [-0.3, -0.25) is 10.2 Å². The second-order valence-corrected chi connectivity index (χ2v) is 6.06. The molecule has 0 aliphatic rings. The lowest BCUT2D eigenvalue weighted by molar-refractivity contribution is 0.102. The van der Waals surface area contributed by atoms with Gasteiger partial charge in [0.15, 0.2) is 11.5 Å². The number of carbonyl (C=O) groups is 1. The Hall–Kier alpha value is -3.74. The van der Waals surface area contributed by atoms with E-state index in [1.807, 2.05) is 18.2 Å². The van der Waals surface area contributed by atoms with Gasteiger partial charge in [-0.2, -0.15) is 0 Å². The van der Waals surface area contributed by atoms with E-state index in [0.29, 0.717) is 34.1 Å². The molecule has 0 aromatic heterocycles. The van der Waals surface area contributed by atoms with Crippen LogP contribution in [0.3, 0.4) is 0 Å². The molecular formula is C21H21N3O4. The summed E-state index contributed by atoms with van der Waals surface area (Å²) >= 11 is 0. The van der Waals surface area contributed by atoms with Crippen molar-refractivity contribution < 1.29 is 19.0 Å². The first-order chi connectivity index (χ1) is 13.5. The summed E-state index contributed by atoms with van der Waals surface area (Å²) in [5.74, 6) is 1.09. The first kappa shape index (κ1) is 19.0. The molecule has 0 aliphatic heterocycles. The third kappa shape index (κ3) is 3.68. The smallest absolute Gasteiger partial charge is 0.255 e. The highest BCUT2D eigenvalue weighted by molar-refractivity contribution is 6.07. The number of hydrogen-bond donors (Lipinski definition) is 3. The number of hydrogen-bond acceptors (Lipinski definition) is 5. The van der Waals surface area contributed by atoms with E-state index in [1.54, 1.807) is 30.3 Å². The maximum Gasteiger partial charge on any atom is 0.255 e. The van der Waals surface area contributed by atoms with Gasteiger partial charge in [0.25, 0.3) is 5.91 Å². The lowest BCUT2D eigenvalue weighted by Crippen LogP contribution is -2.12. The molecule has 7 heteroatoms. The Kier molecular flexibility index (Phi) is 5.35. The van der Waals surface area contributed by atoms with Crippen molar-refractivity contribution in [2.45, 2.75) is 0 Å². The van der Waals surface area contributed by atoms with Gasteiger partial charge in [0.2, 0.25) is 5.75 Å². The van der Waals surface area contributed by atoms with Crippen molar-refractivity contribution >= 4 is 28.2 Å². The van der Waals surface area contributed by atoms with Crippen LogP contribution in [0.25, 0.3) is 10.8 Å². The van der Waals surface area contributed by atoms with E-state index in [2.05, 4.69) is 5.32 Å². The second kappa shape index (κ2) is 7.87. The fourth-order valence-electron chi connectivity index (χ4n) is 2.91. The molecule has 0 radical (unpaired) electrons. The standard InChI is InChI=1S/C21H21N3O4/c1-26-17-10-16(11-18(27-2)19(17)28-3)24-21(25)15-7-5-12-8-14(20(22)23)6-4-13(12)9-15/h4-11H,1-3H3,(H3,22,23)(H,24,25). The van der Waals surface area contributed by atoms with Crippen LogP contribution in [0.5, 0.6) is 17.2 Å². The van der Waals surface area contributed by atoms with Crippen LogP contribution < -0.4 is 25.3 Å². The van der Waals surface area contributed by atoms with Gasteiger partial charge in [0.1, 0.15) is 5.84 Å². The van der Waals surface area contributed by atoms with E-state index < -0.39 is 0 Å². The van der Waals surface area contributed by atoms with Crippen LogP contribution in [-0.2, 0) is 0 Å². The summed E-state index contributed by atoms with van der Waals surface area (Å²) in [6.45, 7) is 0. The maximum atomic E-state index is 12.7. The third-order valence-electron chi connectivity index (χ3n) is 4.34. The Morgan fingerprint density at radius 1 is 0.857 bits per heavy atom. The molecule has 0 aliphatic carbocycles. The Morgan fingerprint density at radius 3 is 1.89 bits per heavy atom. The molecule has 4 N–H and O–H groups in total. The van der Waals surface area contributed by atoms with Gasteiger partial charge < -0.3 is 25.3 Å². The van der Waals surface area contributed by atoms with Gasteiger partial charge in [-0.1, -0.05) is 18.2 Å². The molecule has 0 saturated heterocycles. The number of nitrogens with two attached hydrogens (primary N) is 1. The van der Waals surface area contributed by atoms with E-state index in [4.69, 9.17) is 25.4 Å². The van der Waals surface area contributed by atoms with Crippen LogP contribution in [-0.4, -0.2) is 33.1 Å². The van der Waals surface area contributed by atoms with Crippen LogP contribution in [0.15, 0.2) is 48.5 Å². The highest BCUT2D eigenvalue weighted by Gasteiger charge is 2.15. The van der Waals surface area contributed by atoms with E-state index in [-0.39, 0.29) is 11.7 Å². The summed E-state index contributed by atoms with van der Waals surface area (Å²) in [7, 11) is 4.55. The second-order valence-electron chi connectivity index (χ2n) is 6.06. The molecular weight excluding hydrogens is 358 g/mol. The summed E-state index contributed by atoms with van der Waals surface area (Å²) in [5, 5.41) is 12.1. The van der Waals surface area contributed by atoms with Gasteiger partial charge in [0.05, 0.1) is 21.3 Å². The minimum Gasteiger partial charge on any atom is -0.493 e. The molecule has 0 unspecified atom stereocenters. The van der Waals surface area contributed by atoms with Crippen LogP contribution in [0.1, 0.15) is 15.9 Å². The molecule has 1 amide bonds. The predicted molar refractivity (Wildman–Crippen MR) is 109 cm³/mol. The number of benzene rings is 3. The van der Waals surface area contributed by atoms with E-state index in [0.717, 1.165) is 10.8 Å². The number of methoxy groups -OCH3 is 3. The van der Waals surface area contributed by atoms with Crippen molar-refractivity contribution in [2.24, 2.45) is 5.73 Å². The maximum absolute atomic E-state index is 12.7. The van der Waals surface area contributed by atoms with Crippen molar-refractivity contribution in [1.29, 1.82) is 5.41 Å². The number of nitrogen functional groups attached to an aromatic ring is 1. The molecule has 144 valence electrons. The van der Waals surface area contributed by atoms with Crippen molar-refractivity contribution in [3.63, 3.8) is 0 Å². The number of ether oxygens (including phenoxy) is 3. The number of nitrogens with one attached hydrogen (secondary N) is 2. The molecule has 3 rings (SSSR count).